The molecule has 0 amide bonds. The molecule has 0 spiro atoms. The molecule has 0 N–H and O–H groups in total. The summed E-state index contributed by atoms with van der Waals surface area (Å²) >= 11 is 5.47. The minimum absolute atomic E-state index is 0.0267. The number of halogens is 5. The number of hydrogen-bond acceptors (Lipinski definition) is 2. The zero-order valence-corrected chi connectivity index (χ0v) is 11.3. The Hall–Kier alpha value is -1.30. The number of carbonyl (C=O) groups excluding carboxylic acids is 1. The molecule has 0 saturated heterocycles. The van der Waals surface area contributed by atoms with Gasteiger partial charge >= 0.3 is 6.18 Å². The second kappa shape index (κ2) is 5.99. The molecule has 1 aromatic rings. The first-order valence-electron chi connectivity index (χ1n) is 5.77. The number of carboxylic acids is 1. The molecule has 20 heavy (non-hydrogen) atoms. The summed E-state index contributed by atoms with van der Waals surface area (Å²) in [7, 11) is 0. The van der Waals surface area contributed by atoms with Gasteiger partial charge in [-0.1, -0.05) is 13.0 Å². The van der Waals surface area contributed by atoms with E-state index in [0.29, 0.717) is 6.07 Å². The molecule has 0 saturated carbocycles. The lowest BCUT2D eigenvalue weighted by atomic mass is 9.78. The molecule has 0 aliphatic carbocycles. The van der Waals surface area contributed by atoms with Crippen molar-refractivity contribution in [3.8, 4) is 0 Å². The van der Waals surface area contributed by atoms with Crippen LogP contribution in [-0.4, -0.2) is 11.8 Å². The van der Waals surface area contributed by atoms with Crippen molar-refractivity contribution in [1.82, 2.24) is 0 Å². The van der Waals surface area contributed by atoms with Crippen LogP contribution in [0.25, 0.3) is 0 Å². The maximum Gasteiger partial charge on any atom is 0.416 e. The number of benzene rings is 1. The Bertz CT molecular complexity index is 502. The van der Waals surface area contributed by atoms with Gasteiger partial charge in [0, 0.05) is 11.3 Å². The minimum Gasteiger partial charge on any atom is -0.549 e. The van der Waals surface area contributed by atoms with Crippen molar-refractivity contribution in [2.24, 2.45) is 0 Å². The van der Waals surface area contributed by atoms with Crippen molar-refractivity contribution in [1.29, 1.82) is 0 Å². The topological polar surface area (TPSA) is 40.1 Å². The molecule has 0 heterocycles. The smallest absolute Gasteiger partial charge is 0.416 e. The van der Waals surface area contributed by atoms with Gasteiger partial charge in [-0.15, -0.1) is 11.6 Å². The maximum atomic E-state index is 13.8. The lowest BCUT2D eigenvalue weighted by molar-refractivity contribution is -0.313. The van der Waals surface area contributed by atoms with Gasteiger partial charge in [0.25, 0.3) is 0 Å². The summed E-state index contributed by atoms with van der Waals surface area (Å²) in [6, 6.07) is 1.78. The van der Waals surface area contributed by atoms with E-state index in [1.165, 1.54) is 6.92 Å². The van der Waals surface area contributed by atoms with E-state index in [-0.39, 0.29) is 30.4 Å². The summed E-state index contributed by atoms with van der Waals surface area (Å²) in [5.74, 6) is -2.62. The van der Waals surface area contributed by atoms with E-state index in [9.17, 15) is 27.5 Å². The number of hydrogen-bond donors (Lipinski definition) is 0. The fraction of sp³-hybridized carbons (Fsp3) is 0.462. The Morgan fingerprint density at radius 2 is 1.95 bits per heavy atom. The third kappa shape index (κ3) is 3.42. The van der Waals surface area contributed by atoms with E-state index in [4.69, 9.17) is 11.6 Å². The molecule has 0 bridgehead atoms. The van der Waals surface area contributed by atoms with E-state index in [1.807, 2.05) is 0 Å². The SMILES string of the molecule is CC(CCCCl)(C(=O)[O-])c1ccc(C(F)(F)F)cc1F. The van der Waals surface area contributed by atoms with Crippen LogP contribution in [0.5, 0.6) is 0 Å². The molecular formula is C13H12ClF4O2-. The second-order valence-electron chi connectivity index (χ2n) is 4.60. The monoisotopic (exact) mass is 311 g/mol. The van der Waals surface area contributed by atoms with Crippen LogP contribution in [0.2, 0.25) is 0 Å². The third-order valence-corrected chi connectivity index (χ3v) is 3.42. The highest BCUT2D eigenvalue weighted by Gasteiger charge is 2.35. The highest BCUT2D eigenvalue weighted by molar-refractivity contribution is 6.17. The number of carboxylic acid groups (broad SMARTS) is 1. The maximum absolute atomic E-state index is 13.8. The molecule has 112 valence electrons. The fourth-order valence-corrected chi connectivity index (χ4v) is 2.04. The van der Waals surface area contributed by atoms with Crippen molar-refractivity contribution in [3.05, 3.63) is 35.1 Å². The lowest BCUT2D eigenvalue weighted by Crippen LogP contribution is -2.44. The normalized spacial score (nSPS) is 14.9. The summed E-state index contributed by atoms with van der Waals surface area (Å²) < 4.78 is 51.2. The van der Waals surface area contributed by atoms with Gasteiger partial charge in [-0.2, -0.15) is 13.2 Å². The van der Waals surface area contributed by atoms with Crippen molar-refractivity contribution >= 4 is 17.6 Å². The Kier molecular flexibility index (Phi) is 5.02. The first-order chi connectivity index (χ1) is 9.13. The first kappa shape index (κ1) is 16.8. The molecule has 0 fully saturated rings. The van der Waals surface area contributed by atoms with Gasteiger partial charge in [-0.3, -0.25) is 0 Å². The largest absolute Gasteiger partial charge is 0.549 e. The predicted molar refractivity (Wildman–Crippen MR) is 63.7 cm³/mol. The summed E-state index contributed by atoms with van der Waals surface area (Å²) in [4.78, 5) is 11.2. The van der Waals surface area contributed by atoms with E-state index in [0.717, 1.165) is 6.07 Å². The second-order valence-corrected chi connectivity index (χ2v) is 4.98. The molecule has 0 radical (unpaired) electrons. The van der Waals surface area contributed by atoms with E-state index < -0.39 is 28.9 Å². The molecule has 0 aliphatic rings. The van der Waals surface area contributed by atoms with Crippen LogP contribution in [-0.2, 0) is 16.4 Å². The summed E-state index contributed by atoms with van der Waals surface area (Å²) in [6.45, 7) is 1.21. The average Bonchev–Trinajstić information content (AvgIpc) is 2.34. The van der Waals surface area contributed by atoms with E-state index in [2.05, 4.69) is 0 Å². The quantitative estimate of drug-likeness (QED) is 0.619. The molecule has 0 aliphatic heterocycles. The van der Waals surface area contributed by atoms with E-state index >= 15 is 0 Å². The molecular weight excluding hydrogens is 300 g/mol. The highest BCUT2D eigenvalue weighted by Crippen LogP contribution is 2.35. The Morgan fingerprint density at radius 3 is 2.35 bits per heavy atom. The van der Waals surface area contributed by atoms with Crippen LogP contribution in [0, 0.1) is 5.82 Å². The zero-order chi connectivity index (χ0) is 15.6. The highest BCUT2D eigenvalue weighted by atomic mass is 35.5. The van der Waals surface area contributed by atoms with Crippen LogP contribution in [0.3, 0.4) is 0 Å². The van der Waals surface area contributed by atoms with Gasteiger partial charge in [-0.05, 0) is 30.5 Å². The van der Waals surface area contributed by atoms with Gasteiger partial charge in [0.1, 0.15) is 5.82 Å². The molecule has 1 rings (SSSR count). The number of alkyl halides is 4. The molecule has 1 atom stereocenters. The van der Waals surface area contributed by atoms with Gasteiger partial charge in [0.05, 0.1) is 11.5 Å². The van der Waals surface area contributed by atoms with Gasteiger partial charge < -0.3 is 9.90 Å². The van der Waals surface area contributed by atoms with Crippen molar-refractivity contribution in [3.63, 3.8) is 0 Å². The first-order valence-corrected chi connectivity index (χ1v) is 6.31. The van der Waals surface area contributed by atoms with Crippen LogP contribution < -0.4 is 5.11 Å². The van der Waals surface area contributed by atoms with Crippen LogP contribution in [0.4, 0.5) is 17.6 Å². The van der Waals surface area contributed by atoms with Gasteiger partial charge in [0.2, 0.25) is 0 Å². The summed E-state index contributed by atoms with van der Waals surface area (Å²) in [5, 5.41) is 11.2. The summed E-state index contributed by atoms with van der Waals surface area (Å²) in [6.07, 6.45) is -4.44. The zero-order valence-electron chi connectivity index (χ0n) is 10.6. The van der Waals surface area contributed by atoms with Crippen molar-refractivity contribution < 1.29 is 27.5 Å². The molecule has 1 unspecified atom stereocenters. The van der Waals surface area contributed by atoms with Gasteiger partial charge in [0.15, 0.2) is 0 Å². The Labute approximate surface area is 118 Å². The molecule has 7 heteroatoms. The average molecular weight is 312 g/mol. The molecule has 2 nitrogen and oxygen atoms in total. The fourth-order valence-electron chi connectivity index (χ4n) is 1.91. The van der Waals surface area contributed by atoms with Crippen LogP contribution in [0.1, 0.15) is 30.9 Å². The number of rotatable bonds is 5. The standard InChI is InChI=1S/C13H13ClF4O2/c1-12(11(19)20,5-2-6-14)9-4-3-8(7-10(9)15)13(16,17)18/h3-4,7H,2,5-6H2,1H3,(H,19,20)/p-1. The van der Waals surface area contributed by atoms with Crippen molar-refractivity contribution in [2.75, 3.05) is 5.88 Å². The van der Waals surface area contributed by atoms with Crippen LogP contribution >= 0.6 is 11.6 Å². The molecule has 1 aromatic carbocycles. The van der Waals surface area contributed by atoms with E-state index in [1.54, 1.807) is 0 Å². The number of carbonyl (C=O) groups is 1. The summed E-state index contributed by atoms with van der Waals surface area (Å²) in [5.41, 5.74) is -3.23. The third-order valence-electron chi connectivity index (χ3n) is 3.15. The number of aliphatic carboxylic acids is 1. The Morgan fingerprint density at radius 1 is 1.35 bits per heavy atom. The Balaban J connectivity index is 3.26. The van der Waals surface area contributed by atoms with Crippen molar-refractivity contribution in [2.45, 2.75) is 31.4 Å². The van der Waals surface area contributed by atoms with Gasteiger partial charge in [-0.25, -0.2) is 4.39 Å². The predicted octanol–water partition coefficient (Wildman–Crippen LogP) is 2.87. The molecule has 0 aromatic heterocycles. The van der Waals surface area contributed by atoms with Crippen LogP contribution in [0.15, 0.2) is 18.2 Å². The minimum atomic E-state index is -4.69. The lowest BCUT2D eigenvalue weighted by Gasteiger charge is -2.31.